The lowest BCUT2D eigenvalue weighted by Crippen LogP contribution is -2.40. The van der Waals surface area contributed by atoms with E-state index in [1.165, 1.54) is 44.1 Å². The fourth-order valence-electron chi connectivity index (χ4n) is 3.21. The Morgan fingerprint density at radius 1 is 1.28 bits per heavy atom. The summed E-state index contributed by atoms with van der Waals surface area (Å²) < 4.78 is 33.8. The first kappa shape index (κ1) is 22.9. The van der Waals surface area contributed by atoms with Crippen LogP contribution in [0.3, 0.4) is 0 Å². The number of aromatic nitrogens is 2. The highest BCUT2D eigenvalue weighted by Crippen LogP contribution is 2.26. The Hall–Kier alpha value is -2.25. The second-order valence-electron chi connectivity index (χ2n) is 7.19. The van der Waals surface area contributed by atoms with Gasteiger partial charge in [-0.3, -0.25) is 14.2 Å². The first-order valence-electron chi connectivity index (χ1n) is 9.87. The van der Waals surface area contributed by atoms with Crippen molar-refractivity contribution in [1.29, 1.82) is 0 Å². The van der Waals surface area contributed by atoms with Crippen LogP contribution in [-0.4, -0.2) is 59.7 Å². The number of nitrogens with zero attached hydrogens (tertiary/aromatic N) is 3. The van der Waals surface area contributed by atoms with Gasteiger partial charge < -0.3 is 10.1 Å². The van der Waals surface area contributed by atoms with Gasteiger partial charge in [-0.15, -0.1) is 11.3 Å². The van der Waals surface area contributed by atoms with Gasteiger partial charge in [-0.05, 0) is 36.6 Å². The van der Waals surface area contributed by atoms with Crippen LogP contribution in [0.1, 0.15) is 6.92 Å². The number of fused-ring (bicyclic) bond motifs is 1. The van der Waals surface area contributed by atoms with Crippen LogP contribution in [0.2, 0.25) is 0 Å². The summed E-state index contributed by atoms with van der Waals surface area (Å²) in [4.78, 5) is 30.5. The minimum Gasteiger partial charge on any atom is -0.379 e. The van der Waals surface area contributed by atoms with Crippen LogP contribution in [0.15, 0.2) is 50.6 Å². The van der Waals surface area contributed by atoms with Gasteiger partial charge in [-0.2, -0.15) is 4.31 Å². The Morgan fingerprint density at radius 2 is 2.03 bits per heavy atom. The molecule has 2 aromatic heterocycles. The van der Waals surface area contributed by atoms with Gasteiger partial charge in [0.1, 0.15) is 4.83 Å². The molecule has 1 atom stereocenters. The van der Waals surface area contributed by atoms with Gasteiger partial charge in [0.25, 0.3) is 5.56 Å². The standard InChI is InChI=1S/C20H22N4O5S3/c1-13(31-20-22-18-16(6-11-30-18)19(26)23(20)2)17(25)21-14-4-3-5-15(12-14)32(27,28)24-7-9-29-10-8-24/h3-6,11-13H,7-10H2,1-2H3,(H,21,25). The second kappa shape index (κ2) is 9.32. The van der Waals surface area contributed by atoms with E-state index in [1.807, 2.05) is 5.38 Å². The van der Waals surface area contributed by atoms with E-state index >= 15 is 0 Å². The van der Waals surface area contributed by atoms with Gasteiger partial charge in [0.2, 0.25) is 15.9 Å². The normalized spacial score (nSPS) is 16.2. The molecule has 0 spiro atoms. The Bertz CT molecular complexity index is 1310. The van der Waals surface area contributed by atoms with Crippen molar-refractivity contribution >= 4 is 54.9 Å². The van der Waals surface area contributed by atoms with Crippen molar-refractivity contribution in [2.75, 3.05) is 31.6 Å². The highest BCUT2D eigenvalue weighted by molar-refractivity contribution is 8.00. The summed E-state index contributed by atoms with van der Waals surface area (Å²) in [6.45, 7) is 3.02. The number of hydrogen-bond acceptors (Lipinski definition) is 8. The lowest BCUT2D eigenvalue weighted by molar-refractivity contribution is -0.115. The maximum absolute atomic E-state index is 12.9. The molecular weight excluding hydrogens is 472 g/mol. The lowest BCUT2D eigenvalue weighted by Gasteiger charge is -2.26. The number of nitrogens with one attached hydrogen (secondary N) is 1. The lowest BCUT2D eigenvalue weighted by atomic mass is 10.3. The zero-order valence-corrected chi connectivity index (χ0v) is 19.9. The molecule has 170 valence electrons. The predicted molar refractivity (Wildman–Crippen MR) is 125 cm³/mol. The van der Waals surface area contributed by atoms with Crippen molar-refractivity contribution in [3.8, 4) is 0 Å². The number of ether oxygens (including phenoxy) is 1. The maximum Gasteiger partial charge on any atom is 0.262 e. The number of hydrogen-bond donors (Lipinski definition) is 1. The van der Waals surface area contributed by atoms with Crippen molar-refractivity contribution in [3.63, 3.8) is 0 Å². The molecule has 0 radical (unpaired) electrons. The molecule has 1 N–H and O–H groups in total. The molecule has 1 saturated heterocycles. The smallest absolute Gasteiger partial charge is 0.262 e. The summed E-state index contributed by atoms with van der Waals surface area (Å²) in [6, 6.07) is 7.92. The summed E-state index contributed by atoms with van der Waals surface area (Å²) >= 11 is 2.54. The molecule has 12 heteroatoms. The topological polar surface area (TPSA) is 111 Å². The number of sulfonamides is 1. The summed E-state index contributed by atoms with van der Waals surface area (Å²) in [6.07, 6.45) is 0. The Morgan fingerprint density at radius 3 is 2.78 bits per heavy atom. The average Bonchev–Trinajstić information content (AvgIpc) is 3.26. The molecule has 0 bridgehead atoms. The summed E-state index contributed by atoms with van der Waals surface area (Å²) in [5.41, 5.74) is 0.222. The Labute approximate surface area is 193 Å². The molecule has 1 amide bonds. The molecule has 32 heavy (non-hydrogen) atoms. The van der Waals surface area contributed by atoms with Crippen molar-refractivity contribution in [3.05, 3.63) is 46.1 Å². The van der Waals surface area contributed by atoms with E-state index in [9.17, 15) is 18.0 Å². The van der Waals surface area contributed by atoms with Crippen LogP contribution in [0, 0.1) is 0 Å². The maximum atomic E-state index is 12.9. The Balaban J connectivity index is 1.49. The minimum atomic E-state index is -3.66. The monoisotopic (exact) mass is 494 g/mol. The Kier molecular flexibility index (Phi) is 6.67. The van der Waals surface area contributed by atoms with E-state index in [4.69, 9.17) is 4.74 Å². The number of amides is 1. The summed E-state index contributed by atoms with van der Waals surface area (Å²) in [5, 5.41) is 5.00. The summed E-state index contributed by atoms with van der Waals surface area (Å²) in [7, 11) is -2.04. The van der Waals surface area contributed by atoms with Crippen molar-refractivity contribution in [2.45, 2.75) is 22.2 Å². The molecule has 3 aromatic rings. The molecule has 9 nitrogen and oxygen atoms in total. The van der Waals surface area contributed by atoms with Crippen LogP contribution >= 0.6 is 23.1 Å². The first-order valence-corrected chi connectivity index (χ1v) is 13.1. The molecule has 0 aliphatic carbocycles. The number of carbonyl (C=O) groups excluding carboxylic acids is 1. The van der Waals surface area contributed by atoms with Gasteiger partial charge in [0.05, 0.1) is 28.7 Å². The largest absolute Gasteiger partial charge is 0.379 e. The zero-order valence-electron chi connectivity index (χ0n) is 17.5. The number of thiophene rings is 1. The molecular formula is C20H22N4O5S3. The third-order valence-corrected chi connectivity index (χ3v) is 8.87. The third-order valence-electron chi connectivity index (χ3n) is 5.02. The van der Waals surface area contributed by atoms with Crippen molar-refractivity contribution < 1.29 is 17.9 Å². The highest BCUT2D eigenvalue weighted by Gasteiger charge is 2.27. The van der Waals surface area contributed by atoms with E-state index in [-0.39, 0.29) is 16.4 Å². The number of anilines is 1. The van der Waals surface area contributed by atoms with Crippen LogP contribution in [0.25, 0.3) is 10.2 Å². The van der Waals surface area contributed by atoms with Crippen molar-refractivity contribution in [2.24, 2.45) is 7.05 Å². The van der Waals surface area contributed by atoms with E-state index in [0.717, 1.165) is 0 Å². The van der Waals surface area contributed by atoms with E-state index in [0.29, 0.717) is 47.4 Å². The van der Waals surface area contributed by atoms with Gasteiger partial charge in [0, 0.05) is 25.8 Å². The SMILES string of the molecule is CC(Sc1nc2sccc2c(=O)n1C)C(=O)Nc1cccc(S(=O)(=O)N2CCOCC2)c1. The minimum absolute atomic E-state index is 0.115. The second-order valence-corrected chi connectivity index (χ2v) is 11.3. The van der Waals surface area contributed by atoms with E-state index in [1.54, 1.807) is 32.2 Å². The van der Waals surface area contributed by atoms with E-state index < -0.39 is 15.3 Å². The fourth-order valence-corrected chi connectivity index (χ4v) is 6.35. The number of rotatable bonds is 6. The van der Waals surface area contributed by atoms with Crippen LogP contribution in [-0.2, 0) is 26.6 Å². The number of morpholine rings is 1. The van der Waals surface area contributed by atoms with Crippen molar-refractivity contribution in [1.82, 2.24) is 13.9 Å². The molecule has 1 aliphatic rings. The van der Waals surface area contributed by atoms with Gasteiger partial charge in [0.15, 0.2) is 5.16 Å². The molecule has 1 fully saturated rings. The van der Waals surface area contributed by atoms with E-state index in [2.05, 4.69) is 10.3 Å². The molecule has 0 saturated carbocycles. The van der Waals surface area contributed by atoms with Crippen LogP contribution in [0.4, 0.5) is 5.69 Å². The number of carbonyl (C=O) groups is 1. The average molecular weight is 495 g/mol. The molecule has 1 aliphatic heterocycles. The van der Waals surface area contributed by atoms with Gasteiger partial charge >= 0.3 is 0 Å². The van der Waals surface area contributed by atoms with Crippen LogP contribution in [0.5, 0.6) is 0 Å². The fraction of sp³-hybridized carbons (Fsp3) is 0.350. The number of thioether (sulfide) groups is 1. The molecule has 1 aromatic carbocycles. The van der Waals surface area contributed by atoms with Crippen LogP contribution < -0.4 is 10.9 Å². The number of benzene rings is 1. The zero-order chi connectivity index (χ0) is 22.9. The quantitative estimate of drug-likeness (QED) is 0.413. The predicted octanol–water partition coefficient (Wildman–Crippen LogP) is 2.14. The third kappa shape index (κ3) is 4.59. The highest BCUT2D eigenvalue weighted by atomic mass is 32.2. The molecule has 1 unspecified atom stereocenters. The van der Waals surface area contributed by atoms with Gasteiger partial charge in [-0.25, -0.2) is 13.4 Å². The molecule has 3 heterocycles. The molecule has 4 rings (SSSR count). The first-order chi connectivity index (χ1) is 15.3. The van der Waals surface area contributed by atoms with Gasteiger partial charge in [-0.1, -0.05) is 17.8 Å². The summed E-state index contributed by atoms with van der Waals surface area (Å²) in [5.74, 6) is -0.323.